The SMILES string of the molecule is CN(C)c1ccc(CCc2c(Br)nc(N)n2C)cc1. The predicted octanol–water partition coefficient (Wildman–Crippen LogP) is 2.62. The Bertz CT molecular complexity index is 558. The normalized spacial score (nSPS) is 10.7. The van der Waals surface area contributed by atoms with Crippen LogP contribution < -0.4 is 10.6 Å². The zero-order valence-corrected chi connectivity index (χ0v) is 13.1. The number of hydrogen-bond acceptors (Lipinski definition) is 3. The lowest BCUT2D eigenvalue weighted by molar-refractivity contribution is 0.803. The minimum Gasteiger partial charge on any atom is -0.378 e. The third-order valence-electron chi connectivity index (χ3n) is 3.30. The Hall–Kier alpha value is -1.49. The van der Waals surface area contributed by atoms with Gasteiger partial charge in [0.25, 0.3) is 0 Å². The number of aromatic nitrogens is 2. The number of nitrogens with zero attached hydrogens (tertiary/aromatic N) is 3. The van der Waals surface area contributed by atoms with Crippen LogP contribution in [0.2, 0.25) is 0 Å². The molecule has 4 nitrogen and oxygen atoms in total. The number of nitrogens with two attached hydrogens (primary N) is 1. The van der Waals surface area contributed by atoms with E-state index >= 15 is 0 Å². The van der Waals surface area contributed by atoms with Crippen LogP contribution in [0.3, 0.4) is 0 Å². The number of halogens is 1. The Morgan fingerprint density at radius 1 is 1.21 bits per heavy atom. The van der Waals surface area contributed by atoms with Gasteiger partial charge in [-0.05, 0) is 46.5 Å². The number of aryl methyl sites for hydroxylation is 1. The number of imidazole rings is 1. The van der Waals surface area contributed by atoms with Crippen LogP contribution in [-0.4, -0.2) is 23.6 Å². The van der Waals surface area contributed by atoms with E-state index in [1.165, 1.54) is 11.3 Å². The minimum absolute atomic E-state index is 0.546. The molecule has 102 valence electrons. The fourth-order valence-corrected chi connectivity index (χ4v) is 2.66. The van der Waals surface area contributed by atoms with Crippen LogP contribution >= 0.6 is 15.9 Å². The minimum atomic E-state index is 0.546. The van der Waals surface area contributed by atoms with Gasteiger partial charge in [0, 0.05) is 26.8 Å². The van der Waals surface area contributed by atoms with E-state index in [2.05, 4.69) is 50.1 Å². The van der Waals surface area contributed by atoms with Gasteiger partial charge < -0.3 is 15.2 Å². The van der Waals surface area contributed by atoms with E-state index < -0.39 is 0 Å². The van der Waals surface area contributed by atoms with Crippen molar-refractivity contribution in [1.82, 2.24) is 9.55 Å². The number of nitrogen functional groups attached to an aromatic ring is 1. The maximum atomic E-state index is 5.78. The van der Waals surface area contributed by atoms with Crippen LogP contribution in [0, 0.1) is 0 Å². The summed E-state index contributed by atoms with van der Waals surface area (Å²) in [6.45, 7) is 0. The molecule has 0 aliphatic rings. The predicted molar refractivity (Wildman–Crippen MR) is 83.5 cm³/mol. The molecule has 0 fully saturated rings. The fraction of sp³-hybridized carbons (Fsp3) is 0.357. The molecule has 0 saturated heterocycles. The summed E-state index contributed by atoms with van der Waals surface area (Å²) in [7, 11) is 6.03. The van der Waals surface area contributed by atoms with E-state index in [0.717, 1.165) is 23.1 Å². The Labute approximate surface area is 122 Å². The molecular weight excluding hydrogens is 304 g/mol. The summed E-state index contributed by atoms with van der Waals surface area (Å²) in [6, 6.07) is 8.62. The smallest absolute Gasteiger partial charge is 0.201 e. The molecule has 0 radical (unpaired) electrons. The first kappa shape index (κ1) is 13.9. The molecule has 0 spiro atoms. The summed E-state index contributed by atoms with van der Waals surface area (Å²) in [6.07, 6.45) is 1.90. The first-order chi connectivity index (χ1) is 8.99. The van der Waals surface area contributed by atoms with Gasteiger partial charge in [-0.15, -0.1) is 0 Å². The zero-order chi connectivity index (χ0) is 14.0. The lowest BCUT2D eigenvalue weighted by atomic mass is 10.1. The average Bonchev–Trinajstić information content (AvgIpc) is 2.62. The summed E-state index contributed by atoms with van der Waals surface area (Å²) >= 11 is 3.45. The largest absolute Gasteiger partial charge is 0.378 e. The molecule has 0 aliphatic carbocycles. The van der Waals surface area contributed by atoms with Gasteiger partial charge in [-0.3, -0.25) is 0 Å². The standard InChI is InChI=1S/C14H19BrN4/c1-18(2)11-7-4-10(5-8-11)6-9-12-13(15)17-14(16)19(12)3/h4-5,7-8H,6,9H2,1-3H3,(H2,16,17). The van der Waals surface area contributed by atoms with Crippen molar-refractivity contribution in [2.24, 2.45) is 7.05 Å². The van der Waals surface area contributed by atoms with Crippen LogP contribution in [0.1, 0.15) is 11.3 Å². The van der Waals surface area contributed by atoms with E-state index in [1.807, 2.05) is 25.7 Å². The highest BCUT2D eigenvalue weighted by Gasteiger charge is 2.10. The van der Waals surface area contributed by atoms with Gasteiger partial charge in [0.15, 0.2) is 0 Å². The van der Waals surface area contributed by atoms with Gasteiger partial charge in [-0.1, -0.05) is 12.1 Å². The molecule has 1 aromatic carbocycles. The number of benzene rings is 1. The Balaban J connectivity index is 2.06. The Kier molecular flexibility index (Phi) is 4.14. The molecule has 1 aromatic heterocycles. The molecule has 5 heteroatoms. The molecule has 0 atom stereocenters. The molecular formula is C14H19BrN4. The molecule has 0 aliphatic heterocycles. The van der Waals surface area contributed by atoms with Crippen LogP contribution in [0.25, 0.3) is 0 Å². The first-order valence-corrected chi connectivity index (χ1v) is 7.01. The van der Waals surface area contributed by atoms with Crippen molar-refractivity contribution in [3.63, 3.8) is 0 Å². The fourth-order valence-electron chi connectivity index (χ4n) is 2.01. The van der Waals surface area contributed by atoms with Crippen molar-refractivity contribution in [1.29, 1.82) is 0 Å². The highest BCUT2D eigenvalue weighted by molar-refractivity contribution is 9.10. The molecule has 0 amide bonds. The highest BCUT2D eigenvalue weighted by Crippen LogP contribution is 2.20. The molecule has 0 bridgehead atoms. The van der Waals surface area contributed by atoms with Crippen LogP contribution in [0.5, 0.6) is 0 Å². The monoisotopic (exact) mass is 322 g/mol. The second kappa shape index (κ2) is 5.65. The molecule has 0 unspecified atom stereocenters. The van der Waals surface area contributed by atoms with E-state index in [1.54, 1.807) is 0 Å². The number of rotatable bonds is 4. The van der Waals surface area contributed by atoms with Crippen molar-refractivity contribution in [3.8, 4) is 0 Å². The molecule has 2 N–H and O–H groups in total. The number of hydrogen-bond donors (Lipinski definition) is 1. The maximum Gasteiger partial charge on any atom is 0.201 e. The first-order valence-electron chi connectivity index (χ1n) is 6.22. The highest BCUT2D eigenvalue weighted by atomic mass is 79.9. The van der Waals surface area contributed by atoms with Gasteiger partial charge in [-0.25, -0.2) is 4.98 Å². The molecule has 1 heterocycles. The van der Waals surface area contributed by atoms with Crippen LogP contribution in [-0.2, 0) is 19.9 Å². The zero-order valence-electron chi connectivity index (χ0n) is 11.5. The second-order valence-electron chi connectivity index (χ2n) is 4.83. The summed E-state index contributed by atoms with van der Waals surface area (Å²) in [4.78, 5) is 6.31. The summed E-state index contributed by atoms with van der Waals surface area (Å²) < 4.78 is 2.77. The van der Waals surface area contributed by atoms with Crippen molar-refractivity contribution < 1.29 is 0 Å². The van der Waals surface area contributed by atoms with E-state index in [0.29, 0.717) is 5.95 Å². The van der Waals surface area contributed by atoms with Gasteiger partial charge in [0.05, 0.1) is 5.69 Å². The topological polar surface area (TPSA) is 47.1 Å². The van der Waals surface area contributed by atoms with Crippen molar-refractivity contribution in [2.45, 2.75) is 12.8 Å². The van der Waals surface area contributed by atoms with Gasteiger partial charge in [0.2, 0.25) is 5.95 Å². The van der Waals surface area contributed by atoms with Crippen molar-refractivity contribution in [2.75, 3.05) is 24.7 Å². The molecule has 2 rings (SSSR count). The third-order valence-corrected chi connectivity index (χ3v) is 3.94. The summed E-state index contributed by atoms with van der Waals surface area (Å²) in [5.41, 5.74) is 9.45. The number of anilines is 2. The summed E-state index contributed by atoms with van der Waals surface area (Å²) in [5.74, 6) is 0.546. The lowest BCUT2D eigenvalue weighted by Crippen LogP contribution is -2.08. The van der Waals surface area contributed by atoms with Gasteiger partial charge in [-0.2, -0.15) is 0 Å². The third kappa shape index (κ3) is 3.10. The second-order valence-corrected chi connectivity index (χ2v) is 5.58. The maximum absolute atomic E-state index is 5.78. The molecule has 19 heavy (non-hydrogen) atoms. The lowest BCUT2D eigenvalue weighted by Gasteiger charge is -2.12. The Morgan fingerprint density at radius 3 is 2.32 bits per heavy atom. The molecule has 2 aromatic rings. The van der Waals surface area contributed by atoms with Crippen molar-refractivity contribution >= 4 is 27.6 Å². The van der Waals surface area contributed by atoms with Gasteiger partial charge >= 0.3 is 0 Å². The summed E-state index contributed by atoms with van der Waals surface area (Å²) in [5, 5.41) is 0. The average molecular weight is 323 g/mol. The van der Waals surface area contributed by atoms with E-state index in [9.17, 15) is 0 Å². The van der Waals surface area contributed by atoms with Crippen LogP contribution in [0.15, 0.2) is 28.9 Å². The van der Waals surface area contributed by atoms with E-state index in [-0.39, 0.29) is 0 Å². The van der Waals surface area contributed by atoms with E-state index in [4.69, 9.17) is 5.73 Å². The van der Waals surface area contributed by atoms with Crippen molar-refractivity contribution in [3.05, 3.63) is 40.1 Å². The quantitative estimate of drug-likeness (QED) is 0.941. The Morgan fingerprint density at radius 2 is 1.84 bits per heavy atom. The van der Waals surface area contributed by atoms with Gasteiger partial charge in [0.1, 0.15) is 4.60 Å². The molecule has 0 saturated carbocycles. The van der Waals surface area contributed by atoms with Crippen LogP contribution in [0.4, 0.5) is 11.6 Å².